The third-order valence-corrected chi connectivity index (χ3v) is 5.46. The largest absolute Gasteiger partial charge is 0.372 e. The van der Waals surface area contributed by atoms with E-state index in [2.05, 4.69) is 34.1 Å². The standard InChI is InChI=1S/C20H19FN2S/c21-17-5-4-6-18-20(17)24-19(22-18)12-9-15-7-10-16(11-8-15)23-13-2-1-3-14-23/h4-12H,1-3,13-14H2. The Kier molecular flexibility index (Phi) is 4.30. The first-order valence-electron chi connectivity index (χ1n) is 8.38. The fourth-order valence-corrected chi connectivity index (χ4v) is 3.99. The molecule has 1 fully saturated rings. The van der Waals surface area contributed by atoms with Crippen molar-refractivity contribution in [2.75, 3.05) is 18.0 Å². The first kappa shape index (κ1) is 15.3. The second kappa shape index (κ2) is 6.73. The average Bonchev–Trinajstić information content (AvgIpc) is 3.06. The van der Waals surface area contributed by atoms with Crippen LogP contribution >= 0.6 is 11.3 Å². The monoisotopic (exact) mass is 338 g/mol. The number of fused-ring (bicyclic) bond motifs is 1. The van der Waals surface area contributed by atoms with Crippen LogP contribution in [0.3, 0.4) is 0 Å². The van der Waals surface area contributed by atoms with E-state index in [1.54, 1.807) is 6.07 Å². The van der Waals surface area contributed by atoms with E-state index in [0.717, 1.165) is 29.2 Å². The van der Waals surface area contributed by atoms with Crippen molar-refractivity contribution in [3.05, 3.63) is 58.9 Å². The number of benzene rings is 2. The van der Waals surface area contributed by atoms with Gasteiger partial charge in [-0.05, 0) is 55.2 Å². The number of hydrogen-bond donors (Lipinski definition) is 0. The molecule has 0 atom stereocenters. The zero-order valence-electron chi connectivity index (χ0n) is 13.4. The van der Waals surface area contributed by atoms with Crippen LogP contribution < -0.4 is 4.90 Å². The highest BCUT2D eigenvalue weighted by Crippen LogP contribution is 2.26. The molecule has 0 N–H and O–H groups in total. The fraction of sp³-hybridized carbons (Fsp3) is 0.250. The molecule has 1 aliphatic rings. The van der Waals surface area contributed by atoms with Gasteiger partial charge in [-0.3, -0.25) is 0 Å². The summed E-state index contributed by atoms with van der Waals surface area (Å²) in [6.45, 7) is 2.32. The van der Waals surface area contributed by atoms with Crippen LogP contribution in [-0.4, -0.2) is 18.1 Å². The number of anilines is 1. The predicted octanol–water partition coefficient (Wildman–Crippen LogP) is 5.60. The van der Waals surface area contributed by atoms with Gasteiger partial charge in [0.05, 0.1) is 10.2 Å². The number of hydrogen-bond acceptors (Lipinski definition) is 3. The third-order valence-electron chi connectivity index (χ3n) is 4.42. The molecule has 4 rings (SSSR count). The van der Waals surface area contributed by atoms with E-state index in [-0.39, 0.29) is 5.82 Å². The molecule has 3 aromatic rings. The van der Waals surface area contributed by atoms with Crippen LogP contribution in [0, 0.1) is 5.82 Å². The maximum Gasteiger partial charge on any atom is 0.142 e. The summed E-state index contributed by atoms with van der Waals surface area (Å²) in [5, 5.41) is 0.829. The Morgan fingerprint density at radius 1 is 0.958 bits per heavy atom. The summed E-state index contributed by atoms with van der Waals surface area (Å²) in [4.78, 5) is 6.91. The van der Waals surface area contributed by atoms with Gasteiger partial charge in [-0.2, -0.15) is 0 Å². The minimum absolute atomic E-state index is 0.199. The van der Waals surface area contributed by atoms with E-state index < -0.39 is 0 Å². The molecule has 1 saturated heterocycles. The van der Waals surface area contributed by atoms with E-state index in [4.69, 9.17) is 0 Å². The molecule has 122 valence electrons. The van der Waals surface area contributed by atoms with E-state index >= 15 is 0 Å². The Labute approximate surface area is 145 Å². The molecule has 24 heavy (non-hydrogen) atoms. The van der Waals surface area contributed by atoms with E-state index in [1.807, 2.05) is 18.2 Å². The number of rotatable bonds is 3. The molecule has 0 amide bonds. The number of nitrogens with zero attached hydrogens (tertiary/aromatic N) is 2. The normalized spacial score (nSPS) is 15.5. The number of thiazole rings is 1. The molecule has 2 heterocycles. The molecule has 0 saturated carbocycles. The lowest BCUT2D eigenvalue weighted by Crippen LogP contribution is -2.29. The Morgan fingerprint density at radius 2 is 1.75 bits per heavy atom. The quantitative estimate of drug-likeness (QED) is 0.618. The van der Waals surface area contributed by atoms with Crippen molar-refractivity contribution in [3.8, 4) is 0 Å². The number of piperidine rings is 1. The van der Waals surface area contributed by atoms with Crippen LogP contribution in [0.5, 0.6) is 0 Å². The maximum absolute atomic E-state index is 13.7. The molecular weight excluding hydrogens is 319 g/mol. The Morgan fingerprint density at radius 3 is 2.50 bits per heavy atom. The molecule has 1 aromatic heterocycles. The molecule has 0 aliphatic carbocycles. The highest BCUT2D eigenvalue weighted by molar-refractivity contribution is 7.19. The summed E-state index contributed by atoms with van der Waals surface area (Å²) in [6, 6.07) is 13.7. The summed E-state index contributed by atoms with van der Waals surface area (Å²) in [5.41, 5.74) is 3.16. The molecule has 0 unspecified atom stereocenters. The van der Waals surface area contributed by atoms with E-state index in [1.165, 1.54) is 42.4 Å². The summed E-state index contributed by atoms with van der Waals surface area (Å²) in [5.74, 6) is -0.199. The number of aromatic nitrogens is 1. The molecule has 0 bridgehead atoms. The predicted molar refractivity (Wildman–Crippen MR) is 101 cm³/mol. The SMILES string of the molecule is Fc1cccc2nc(C=Cc3ccc(N4CCCCC4)cc3)sc12. The minimum atomic E-state index is -0.199. The van der Waals surface area contributed by atoms with Crippen LogP contribution in [0.2, 0.25) is 0 Å². The van der Waals surface area contributed by atoms with Gasteiger partial charge < -0.3 is 4.90 Å². The van der Waals surface area contributed by atoms with Crippen molar-refractivity contribution >= 4 is 39.4 Å². The summed E-state index contributed by atoms with van der Waals surface area (Å²) < 4.78 is 14.3. The van der Waals surface area contributed by atoms with Gasteiger partial charge in [0.1, 0.15) is 10.8 Å². The average molecular weight is 338 g/mol. The molecule has 0 radical (unpaired) electrons. The molecule has 4 heteroatoms. The van der Waals surface area contributed by atoms with Crippen molar-refractivity contribution in [2.24, 2.45) is 0 Å². The van der Waals surface area contributed by atoms with Crippen molar-refractivity contribution in [1.82, 2.24) is 4.98 Å². The van der Waals surface area contributed by atoms with Crippen LogP contribution in [-0.2, 0) is 0 Å². The van der Waals surface area contributed by atoms with E-state index in [0.29, 0.717) is 4.70 Å². The second-order valence-electron chi connectivity index (χ2n) is 6.11. The molecule has 2 aromatic carbocycles. The Bertz CT molecular complexity index is 861. The van der Waals surface area contributed by atoms with Gasteiger partial charge in [0.2, 0.25) is 0 Å². The lowest BCUT2D eigenvalue weighted by Gasteiger charge is -2.28. The molecular formula is C20H19FN2S. The fourth-order valence-electron chi connectivity index (χ4n) is 3.12. The minimum Gasteiger partial charge on any atom is -0.372 e. The Hall–Kier alpha value is -2.20. The first-order chi connectivity index (χ1) is 11.8. The zero-order chi connectivity index (χ0) is 16.4. The van der Waals surface area contributed by atoms with Crippen LogP contribution in [0.25, 0.3) is 22.4 Å². The summed E-state index contributed by atoms with van der Waals surface area (Å²) in [7, 11) is 0. The van der Waals surface area contributed by atoms with Gasteiger partial charge in [0.15, 0.2) is 0 Å². The highest BCUT2D eigenvalue weighted by atomic mass is 32.1. The molecule has 2 nitrogen and oxygen atoms in total. The number of halogens is 1. The Balaban J connectivity index is 1.51. The summed E-state index contributed by atoms with van der Waals surface area (Å²) in [6.07, 6.45) is 7.92. The maximum atomic E-state index is 13.7. The van der Waals surface area contributed by atoms with Crippen molar-refractivity contribution in [3.63, 3.8) is 0 Å². The third kappa shape index (κ3) is 3.20. The topological polar surface area (TPSA) is 16.1 Å². The van der Waals surface area contributed by atoms with Crippen LogP contribution in [0.4, 0.5) is 10.1 Å². The van der Waals surface area contributed by atoms with Crippen LogP contribution in [0.15, 0.2) is 42.5 Å². The first-order valence-corrected chi connectivity index (χ1v) is 9.19. The van der Waals surface area contributed by atoms with Gasteiger partial charge in [0.25, 0.3) is 0 Å². The second-order valence-corrected chi connectivity index (χ2v) is 7.14. The zero-order valence-corrected chi connectivity index (χ0v) is 14.2. The smallest absolute Gasteiger partial charge is 0.142 e. The van der Waals surface area contributed by atoms with Gasteiger partial charge >= 0.3 is 0 Å². The highest BCUT2D eigenvalue weighted by Gasteiger charge is 2.10. The molecule has 0 spiro atoms. The van der Waals surface area contributed by atoms with Crippen molar-refractivity contribution in [1.29, 1.82) is 0 Å². The lowest BCUT2D eigenvalue weighted by molar-refractivity contribution is 0.578. The van der Waals surface area contributed by atoms with Crippen LogP contribution in [0.1, 0.15) is 29.8 Å². The van der Waals surface area contributed by atoms with Gasteiger partial charge in [-0.15, -0.1) is 11.3 Å². The van der Waals surface area contributed by atoms with Gasteiger partial charge in [-0.25, -0.2) is 9.37 Å². The van der Waals surface area contributed by atoms with Crippen molar-refractivity contribution < 1.29 is 4.39 Å². The van der Waals surface area contributed by atoms with Crippen molar-refractivity contribution in [2.45, 2.75) is 19.3 Å². The summed E-state index contributed by atoms with van der Waals surface area (Å²) >= 11 is 1.39. The van der Waals surface area contributed by atoms with Gasteiger partial charge in [-0.1, -0.05) is 24.3 Å². The van der Waals surface area contributed by atoms with Gasteiger partial charge in [0, 0.05) is 18.8 Å². The molecule has 1 aliphatic heterocycles. The lowest BCUT2D eigenvalue weighted by atomic mass is 10.1. The van der Waals surface area contributed by atoms with E-state index in [9.17, 15) is 4.39 Å².